The first-order chi connectivity index (χ1) is 17.2. The highest BCUT2D eigenvalue weighted by Crippen LogP contribution is 2.32. The number of aromatic nitrogens is 4. The van der Waals surface area contributed by atoms with Crippen LogP contribution in [0.1, 0.15) is 54.7 Å². The fourth-order valence-electron chi connectivity index (χ4n) is 4.39. The number of halogens is 1. The Morgan fingerprint density at radius 2 is 1.89 bits per heavy atom. The van der Waals surface area contributed by atoms with Crippen molar-refractivity contribution in [1.82, 2.24) is 25.3 Å². The van der Waals surface area contributed by atoms with Gasteiger partial charge in [0.05, 0.1) is 11.0 Å². The lowest BCUT2D eigenvalue weighted by atomic mass is 9.98. The van der Waals surface area contributed by atoms with Crippen molar-refractivity contribution in [3.8, 4) is 17.1 Å². The van der Waals surface area contributed by atoms with E-state index in [1.165, 1.54) is 19.3 Å². The van der Waals surface area contributed by atoms with Gasteiger partial charge in [0.25, 0.3) is 5.91 Å². The molecule has 1 aliphatic carbocycles. The van der Waals surface area contributed by atoms with Crippen LogP contribution in [0.15, 0.2) is 54.9 Å². The van der Waals surface area contributed by atoms with Gasteiger partial charge in [0.1, 0.15) is 17.6 Å². The van der Waals surface area contributed by atoms with Crippen LogP contribution in [0.25, 0.3) is 22.3 Å². The molecule has 0 unspecified atom stereocenters. The number of aryl methyl sites for hydroxylation is 1. The van der Waals surface area contributed by atoms with Gasteiger partial charge in [-0.05, 0) is 62.4 Å². The van der Waals surface area contributed by atoms with Crippen molar-refractivity contribution in [2.24, 2.45) is 0 Å². The number of carbonyl (C=O) groups excluding carboxylic acids is 1. The first-order valence-electron chi connectivity index (χ1n) is 12.2. The van der Waals surface area contributed by atoms with Gasteiger partial charge in [0.2, 0.25) is 5.88 Å². The van der Waals surface area contributed by atoms with Crippen molar-refractivity contribution in [1.29, 1.82) is 0 Å². The molecule has 0 atom stereocenters. The zero-order valence-corrected chi connectivity index (χ0v) is 20.2. The molecule has 0 aliphatic heterocycles. The third-order valence-corrected chi connectivity index (χ3v) is 6.53. The summed E-state index contributed by atoms with van der Waals surface area (Å²) in [5, 5.41) is 3.63. The fraction of sp³-hybridized carbons (Fsp3) is 0.333. The van der Waals surface area contributed by atoms with E-state index < -0.39 is 0 Å². The summed E-state index contributed by atoms with van der Waals surface area (Å²) in [5.74, 6) is 1.31. The molecule has 2 aromatic carbocycles. The summed E-state index contributed by atoms with van der Waals surface area (Å²) in [6.45, 7) is 0.563. The van der Waals surface area contributed by atoms with E-state index in [0.29, 0.717) is 39.7 Å². The van der Waals surface area contributed by atoms with E-state index in [9.17, 15) is 4.79 Å². The number of aromatic amines is 1. The van der Waals surface area contributed by atoms with Crippen LogP contribution < -0.4 is 10.1 Å². The van der Waals surface area contributed by atoms with Crippen LogP contribution in [0, 0.1) is 0 Å². The fourth-order valence-corrected chi connectivity index (χ4v) is 4.52. The highest BCUT2D eigenvalue weighted by molar-refractivity contribution is 6.30. The lowest BCUT2D eigenvalue weighted by Crippen LogP contribution is -2.24. The molecule has 2 heterocycles. The van der Waals surface area contributed by atoms with Crippen molar-refractivity contribution >= 4 is 28.5 Å². The number of nitrogens with zero attached hydrogens (tertiary/aromatic N) is 3. The van der Waals surface area contributed by atoms with Crippen LogP contribution in [0.2, 0.25) is 5.02 Å². The normalized spacial score (nSPS) is 14.2. The summed E-state index contributed by atoms with van der Waals surface area (Å²) >= 11 is 6.11. The predicted octanol–water partition coefficient (Wildman–Crippen LogP) is 5.75. The zero-order valence-electron chi connectivity index (χ0n) is 19.5. The monoisotopic (exact) mass is 489 g/mol. The van der Waals surface area contributed by atoms with Gasteiger partial charge in [0, 0.05) is 41.5 Å². The summed E-state index contributed by atoms with van der Waals surface area (Å²) < 4.78 is 6.36. The lowest BCUT2D eigenvalue weighted by Gasteiger charge is -2.23. The molecule has 2 N–H and O–H groups in total. The Morgan fingerprint density at radius 1 is 1.06 bits per heavy atom. The number of imidazole rings is 1. The van der Waals surface area contributed by atoms with E-state index in [4.69, 9.17) is 26.3 Å². The number of rotatable bonds is 8. The smallest absolute Gasteiger partial charge is 0.251 e. The number of amides is 1. The van der Waals surface area contributed by atoms with Crippen LogP contribution in [-0.4, -0.2) is 38.5 Å². The summed E-state index contributed by atoms with van der Waals surface area (Å²) in [6.07, 6.45) is 10.9. The Balaban J connectivity index is 1.38. The van der Waals surface area contributed by atoms with Crippen LogP contribution in [-0.2, 0) is 6.42 Å². The van der Waals surface area contributed by atoms with Crippen molar-refractivity contribution in [2.45, 2.75) is 51.0 Å². The number of benzene rings is 2. The highest BCUT2D eigenvalue weighted by Gasteiger charge is 2.20. The molecule has 1 saturated carbocycles. The third-order valence-electron chi connectivity index (χ3n) is 6.27. The van der Waals surface area contributed by atoms with Gasteiger partial charge in [-0.25, -0.2) is 15.0 Å². The van der Waals surface area contributed by atoms with E-state index in [1.807, 2.05) is 30.3 Å². The molecule has 1 amide bonds. The topological polar surface area (TPSA) is 92.8 Å². The maximum Gasteiger partial charge on any atom is 0.251 e. The number of fused-ring (bicyclic) bond motifs is 1. The molecule has 1 aliphatic rings. The average Bonchev–Trinajstić information content (AvgIpc) is 3.41. The van der Waals surface area contributed by atoms with Crippen LogP contribution in [0.5, 0.6) is 5.88 Å². The molecule has 0 spiro atoms. The first-order valence-corrected chi connectivity index (χ1v) is 12.5. The van der Waals surface area contributed by atoms with E-state index in [-0.39, 0.29) is 12.0 Å². The second-order valence-corrected chi connectivity index (χ2v) is 9.30. The van der Waals surface area contributed by atoms with Gasteiger partial charge in [-0.2, -0.15) is 0 Å². The Morgan fingerprint density at radius 3 is 2.66 bits per heavy atom. The van der Waals surface area contributed by atoms with Gasteiger partial charge in [-0.1, -0.05) is 30.2 Å². The van der Waals surface area contributed by atoms with Crippen LogP contribution in [0.3, 0.4) is 0 Å². The molecular formula is C27H28ClN5O2. The van der Waals surface area contributed by atoms with Crippen LogP contribution in [0.4, 0.5) is 0 Å². The minimum Gasteiger partial charge on any atom is -0.473 e. The molecule has 2 aromatic heterocycles. The van der Waals surface area contributed by atoms with Crippen LogP contribution >= 0.6 is 11.6 Å². The number of H-pyrrole nitrogens is 1. The van der Waals surface area contributed by atoms with Crippen molar-refractivity contribution in [2.75, 3.05) is 6.54 Å². The Hall–Kier alpha value is -3.45. The Labute approximate surface area is 209 Å². The Bertz CT molecular complexity index is 1290. The summed E-state index contributed by atoms with van der Waals surface area (Å²) in [4.78, 5) is 29.7. The quantitative estimate of drug-likeness (QED) is 0.307. The van der Waals surface area contributed by atoms with E-state index in [1.54, 1.807) is 24.5 Å². The molecule has 180 valence electrons. The first kappa shape index (κ1) is 23.3. The predicted molar refractivity (Wildman–Crippen MR) is 137 cm³/mol. The summed E-state index contributed by atoms with van der Waals surface area (Å²) in [7, 11) is 0. The van der Waals surface area contributed by atoms with Crippen molar-refractivity contribution in [3.63, 3.8) is 0 Å². The van der Waals surface area contributed by atoms with Crippen molar-refractivity contribution in [3.05, 3.63) is 71.3 Å². The average molecular weight is 490 g/mol. The lowest BCUT2D eigenvalue weighted by molar-refractivity contribution is 0.0953. The molecule has 0 radical (unpaired) electrons. The van der Waals surface area contributed by atoms with Gasteiger partial charge in [-0.15, -0.1) is 0 Å². The molecule has 7 nitrogen and oxygen atoms in total. The largest absolute Gasteiger partial charge is 0.473 e. The molecular weight excluding hydrogens is 462 g/mol. The van der Waals surface area contributed by atoms with Crippen molar-refractivity contribution < 1.29 is 9.53 Å². The standard InChI is InChI=1S/C27H28ClN5O2/c28-20-11-8-18(9-12-20)25-27(35-21-5-2-1-3-6-21)33-22-13-10-19(17-23(22)32-25)26(34)31-14-4-7-24-29-15-16-30-24/h8-13,15-17,21H,1-7,14H2,(H,29,30)(H,31,34). The molecule has 35 heavy (non-hydrogen) atoms. The molecule has 5 rings (SSSR count). The van der Waals surface area contributed by atoms with E-state index in [2.05, 4.69) is 15.3 Å². The second-order valence-electron chi connectivity index (χ2n) is 8.86. The number of hydrogen-bond donors (Lipinski definition) is 2. The van der Waals surface area contributed by atoms with Gasteiger partial charge < -0.3 is 15.0 Å². The van der Waals surface area contributed by atoms with Gasteiger partial charge >= 0.3 is 0 Å². The molecule has 4 aromatic rings. The molecule has 8 heteroatoms. The van der Waals surface area contributed by atoms with E-state index in [0.717, 1.165) is 37.1 Å². The van der Waals surface area contributed by atoms with Gasteiger partial charge in [-0.3, -0.25) is 4.79 Å². The van der Waals surface area contributed by atoms with E-state index >= 15 is 0 Å². The molecule has 1 fully saturated rings. The maximum atomic E-state index is 12.7. The molecule has 0 saturated heterocycles. The minimum absolute atomic E-state index is 0.135. The minimum atomic E-state index is -0.135. The number of hydrogen-bond acceptors (Lipinski definition) is 5. The maximum absolute atomic E-state index is 12.7. The van der Waals surface area contributed by atoms with Gasteiger partial charge in [0.15, 0.2) is 0 Å². The molecule has 0 bridgehead atoms. The number of nitrogens with one attached hydrogen (secondary N) is 2. The number of carbonyl (C=O) groups is 1. The highest BCUT2D eigenvalue weighted by atomic mass is 35.5. The third kappa shape index (κ3) is 5.80. The number of ether oxygens (including phenoxy) is 1. The summed E-state index contributed by atoms with van der Waals surface area (Å²) in [5.41, 5.74) is 3.43. The zero-order chi connectivity index (χ0) is 24.0. The second kappa shape index (κ2) is 10.9. The Kier molecular flexibility index (Phi) is 7.23. The SMILES string of the molecule is O=C(NCCCc1ncc[nH]1)c1ccc2nc(OC3CCCCC3)c(-c3ccc(Cl)cc3)nc2c1. The summed E-state index contributed by atoms with van der Waals surface area (Å²) in [6, 6.07) is 12.9.